The number of carboxylic acid groups (broad SMARTS) is 1. The molecule has 1 aliphatic heterocycles. The first-order valence-corrected chi connectivity index (χ1v) is 10.9. The van der Waals surface area contributed by atoms with Gasteiger partial charge in [-0.15, -0.1) is 5.10 Å². The van der Waals surface area contributed by atoms with E-state index in [-0.39, 0.29) is 17.6 Å². The van der Waals surface area contributed by atoms with E-state index in [0.717, 1.165) is 50.2 Å². The molecule has 188 valence electrons. The van der Waals surface area contributed by atoms with Crippen molar-refractivity contribution in [1.29, 1.82) is 0 Å². The lowest BCUT2D eigenvalue weighted by atomic mass is 9.94. The molecule has 0 spiro atoms. The smallest absolute Gasteiger partial charge is 0.475 e. The number of carboxylic acids is 1. The summed E-state index contributed by atoms with van der Waals surface area (Å²) >= 11 is 0. The maximum Gasteiger partial charge on any atom is 0.490 e. The van der Waals surface area contributed by atoms with Gasteiger partial charge in [-0.05, 0) is 48.9 Å². The minimum absolute atomic E-state index is 0.0714. The van der Waals surface area contributed by atoms with Crippen molar-refractivity contribution in [3.63, 3.8) is 0 Å². The fourth-order valence-corrected chi connectivity index (χ4v) is 3.45. The zero-order chi connectivity index (χ0) is 25.5. The van der Waals surface area contributed by atoms with Crippen LogP contribution >= 0.6 is 0 Å². The van der Waals surface area contributed by atoms with Gasteiger partial charge in [0.25, 0.3) is 0 Å². The van der Waals surface area contributed by atoms with Gasteiger partial charge in [0.2, 0.25) is 5.91 Å². The van der Waals surface area contributed by atoms with Crippen LogP contribution < -0.4 is 5.73 Å². The quantitative estimate of drug-likeness (QED) is 0.604. The van der Waals surface area contributed by atoms with Gasteiger partial charge in [0, 0.05) is 25.2 Å². The highest BCUT2D eigenvalue weighted by Gasteiger charge is 2.38. The van der Waals surface area contributed by atoms with E-state index in [1.165, 1.54) is 12.1 Å². The van der Waals surface area contributed by atoms with Crippen LogP contribution in [0, 0.1) is 17.7 Å². The number of benzene rings is 1. The van der Waals surface area contributed by atoms with Crippen molar-refractivity contribution in [2.24, 2.45) is 17.6 Å². The summed E-state index contributed by atoms with van der Waals surface area (Å²) < 4.78 is 46.6. The number of aliphatic carboxylic acids is 1. The number of nitrogens with two attached hydrogens (primary N) is 1. The van der Waals surface area contributed by atoms with Crippen LogP contribution in [-0.2, 0) is 16.1 Å². The van der Waals surface area contributed by atoms with Gasteiger partial charge in [-0.25, -0.2) is 9.18 Å². The summed E-state index contributed by atoms with van der Waals surface area (Å²) in [6, 6.07) is 5.85. The second-order valence-electron chi connectivity index (χ2n) is 8.32. The third-order valence-corrected chi connectivity index (χ3v) is 5.83. The Balaban J connectivity index is 0.000000509. The Labute approximate surface area is 194 Å². The average molecular weight is 487 g/mol. The number of halogens is 4. The number of alkyl halides is 3. The zero-order valence-corrected chi connectivity index (χ0v) is 19.0. The van der Waals surface area contributed by atoms with E-state index >= 15 is 0 Å². The van der Waals surface area contributed by atoms with Crippen molar-refractivity contribution < 1.29 is 32.3 Å². The molecule has 0 bridgehead atoms. The first-order chi connectivity index (χ1) is 15.9. The molecule has 2 aromatic rings. The van der Waals surface area contributed by atoms with Crippen LogP contribution in [0.1, 0.15) is 33.1 Å². The van der Waals surface area contributed by atoms with Crippen LogP contribution in [0.4, 0.5) is 17.6 Å². The maximum absolute atomic E-state index is 13.0. The minimum Gasteiger partial charge on any atom is -0.475 e. The summed E-state index contributed by atoms with van der Waals surface area (Å²) in [7, 11) is 0. The second kappa shape index (κ2) is 11.9. The van der Waals surface area contributed by atoms with E-state index in [1.54, 1.807) is 12.1 Å². The van der Waals surface area contributed by atoms with Gasteiger partial charge in [-0.3, -0.25) is 9.48 Å². The SMILES string of the molecule is CC[C@H](C)[C@H](N)C(=O)N1CCC(Cn2cc(-c3ccc(F)cc3)nn2)CC1.O=C(O)C(F)(F)F. The molecule has 8 nitrogen and oxygen atoms in total. The second-order valence-corrected chi connectivity index (χ2v) is 8.32. The van der Waals surface area contributed by atoms with Crippen molar-refractivity contribution in [3.05, 3.63) is 36.3 Å². The molecule has 3 rings (SSSR count). The molecule has 0 radical (unpaired) electrons. The van der Waals surface area contributed by atoms with E-state index in [1.807, 2.05) is 22.7 Å². The van der Waals surface area contributed by atoms with Crippen LogP contribution in [0.15, 0.2) is 30.5 Å². The number of likely N-dealkylation sites (tertiary alicyclic amines) is 1. The van der Waals surface area contributed by atoms with Gasteiger partial charge in [0.05, 0.1) is 12.2 Å². The Morgan fingerprint density at radius 2 is 1.76 bits per heavy atom. The largest absolute Gasteiger partial charge is 0.490 e. The van der Waals surface area contributed by atoms with Crippen molar-refractivity contribution in [2.45, 2.75) is 51.9 Å². The Bertz CT molecular complexity index is 941. The summed E-state index contributed by atoms with van der Waals surface area (Å²) in [6.45, 7) is 6.34. The third kappa shape index (κ3) is 7.79. The molecule has 12 heteroatoms. The van der Waals surface area contributed by atoms with E-state index < -0.39 is 18.2 Å². The number of piperidine rings is 1. The first-order valence-electron chi connectivity index (χ1n) is 10.9. The normalized spacial score (nSPS) is 16.4. The van der Waals surface area contributed by atoms with E-state index in [2.05, 4.69) is 17.2 Å². The number of hydrogen-bond donors (Lipinski definition) is 2. The predicted octanol–water partition coefficient (Wildman–Crippen LogP) is 3.33. The van der Waals surface area contributed by atoms with Gasteiger partial charge >= 0.3 is 12.1 Å². The average Bonchev–Trinajstić information content (AvgIpc) is 3.26. The molecule has 0 saturated carbocycles. The van der Waals surface area contributed by atoms with E-state index in [9.17, 15) is 22.4 Å². The van der Waals surface area contributed by atoms with Crippen molar-refractivity contribution >= 4 is 11.9 Å². The number of hydrogen-bond acceptors (Lipinski definition) is 5. The summed E-state index contributed by atoms with van der Waals surface area (Å²) in [5.74, 6) is -2.29. The molecule has 0 aliphatic carbocycles. The topological polar surface area (TPSA) is 114 Å². The molecule has 1 aliphatic rings. The van der Waals surface area contributed by atoms with Gasteiger partial charge in [0.15, 0.2) is 0 Å². The molecule has 1 fully saturated rings. The lowest BCUT2D eigenvalue weighted by molar-refractivity contribution is -0.192. The van der Waals surface area contributed by atoms with Gasteiger partial charge in [-0.1, -0.05) is 25.5 Å². The fraction of sp³-hybridized carbons (Fsp3) is 0.545. The number of nitrogens with zero attached hydrogens (tertiary/aromatic N) is 4. The molecule has 3 N–H and O–H groups in total. The van der Waals surface area contributed by atoms with Crippen LogP contribution in [0.2, 0.25) is 0 Å². The molecule has 0 unspecified atom stereocenters. The zero-order valence-electron chi connectivity index (χ0n) is 19.0. The van der Waals surface area contributed by atoms with Crippen molar-refractivity contribution in [1.82, 2.24) is 19.9 Å². The van der Waals surface area contributed by atoms with Gasteiger partial charge in [-0.2, -0.15) is 13.2 Å². The Kier molecular flexibility index (Phi) is 9.54. The number of aromatic nitrogens is 3. The molecule has 1 aromatic carbocycles. The predicted molar refractivity (Wildman–Crippen MR) is 116 cm³/mol. The fourth-order valence-electron chi connectivity index (χ4n) is 3.45. The van der Waals surface area contributed by atoms with Crippen LogP contribution in [-0.4, -0.2) is 62.2 Å². The van der Waals surface area contributed by atoms with Crippen molar-refractivity contribution in [2.75, 3.05) is 13.1 Å². The highest BCUT2D eigenvalue weighted by molar-refractivity contribution is 5.82. The molecular formula is C22H29F4N5O3. The van der Waals surface area contributed by atoms with E-state index in [0.29, 0.717) is 5.92 Å². The monoisotopic (exact) mass is 487 g/mol. The summed E-state index contributed by atoms with van der Waals surface area (Å²) in [5.41, 5.74) is 7.68. The minimum atomic E-state index is -5.08. The molecule has 2 heterocycles. The van der Waals surface area contributed by atoms with Crippen LogP contribution in [0.3, 0.4) is 0 Å². The third-order valence-electron chi connectivity index (χ3n) is 5.83. The van der Waals surface area contributed by atoms with Crippen LogP contribution in [0.25, 0.3) is 11.3 Å². The van der Waals surface area contributed by atoms with Crippen molar-refractivity contribution in [3.8, 4) is 11.3 Å². The highest BCUT2D eigenvalue weighted by Crippen LogP contribution is 2.22. The molecule has 1 amide bonds. The van der Waals surface area contributed by atoms with Gasteiger partial charge in [0.1, 0.15) is 11.5 Å². The molecule has 1 aromatic heterocycles. The standard InChI is InChI=1S/C20H28FN5O.C2HF3O2/c1-3-14(2)19(22)20(27)25-10-8-15(9-11-25)12-26-13-18(23-24-26)16-4-6-17(21)7-5-16;3-2(4,5)1(6)7/h4-7,13-15,19H,3,8-12,22H2,1-2H3;(H,6,7)/t14-,19-;/m0./s1. The molecular weight excluding hydrogens is 458 g/mol. The summed E-state index contributed by atoms with van der Waals surface area (Å²) in [5, 5.41) is 15.5. The number of carbonyl (C=O) groups excluding carboxylic acids is 1. The van der Waals surface area contributed by atoms with Gasteiger partial charge < -0.3 is 15.7 Å². The first kappa shape index (κ1) is 27.2. The lowest BCUT2D eigenvalue weighted by Gasteiger charge is -2.34. The Morgan fingerprint density at radius 3 is 2.26 bits per heavy atom. The maximum atomic E-state index is 13.0. The summed E-state index contributed by atoms with van der Waals surface area (Å²) in [4.78, 5) is 23.3. The highest BCUT2D eigenvalue weighted by atomic mass is 19.4. The van der Waals surface area contributed by atoms with Crippen LogP contribution in [0.5, 0.6) is 0 Å². The number of rotatable bonds is 6. The molecule has 34 heavy (non-hydrogen) atoms. The Hall–Kier alpha value is -3.02. The number of carbonyl (C=O) groups is 2. The molecule has 1 saturated heterocycles. The van der Waals surface area contributed by atoms with E-state index in [4.69, 9.17) is 15.6 Å². The molecule has 2 atom stereocenters. The number of amides is 1. The Morgan fingerprint density at radius 1 is 1.21 bits per heavy atom. The summed E-state index contributed by atoms with van der Waals surface area (Å²) in [6.07, 6.45) is -0.412. The lowest BCUT2D eigenvalue weighted by Crippen LogP contribution is -2.49.